The van der Waals surface area contributed by atoms with Crippen molar-refractivity contribution in [3.05, 3.63) is 107 Å². The fraction of sp³-hybridized carbons (Fsp3) is 0.179. The maximum atomic E-state index is 13.8. The molecule has 0 saturated carbocycles. The fourth-order valence-corrected chi connectivity index (χ4v) is 4.35. The van der Waals surface area contributed by atoms with Crippen LogP contribution in [-0.4, -0.2) is 16.9 Å². The molecule has 2 aromatic heterocycles. The molecule has 0 aliphatic heterocycles. The summed E-state index contributed by atoms with van der Waals surface area (Å²) in [5.74, 6) is -0.811. The van der Waals surface area contributed by atoms with Crippen LogP contribution in [0.25, 0.3) is 21.9 Å². The monoisotopic (exact) mass is 509 g/mol. The Morgan fingerprint density at radius 2 is 1.76 bits per heavy atom. The van der Waals surface area contributed by atoms with Gasteiger partial charge in [0.05, 0.1) is 18.2 Å². The molecule has 1 amide bonds. The van der Waals surface area contributed by atoms with Gasteiger partial charge in [-0.05, 0) is 53.9 Å². The zero-order valence-electron chi connectivity index (χ0n) is 19.5. The summed E-state index contributed by atoms with van der Waals surface area (Å²) in [6.45, 7) is 0.00366. The Balaban J connectivity index is 1.34. The van der Waals surface area contributed by atoms with Crippen LogP contribution in [0.4, 0.5) is 17.6 Å². The average molecular weight is 510 g/mol. The van der Waals surface area contributed by atoms with Crippen molar-refractivity contribution in [2.45, 2.75) is 31.7 Å². The normalized spacial score (nSPS) is 12.8. The number of carbonyl (C=O) groups excluding carboxylic acids is 1. The summed E-state index contributed by atoms with van der Waals surface area (Å²) in [6, 6.07) is 18.6. The number of H-pyrrole nitrogens is 1. The number of hydrogen-bond donors (Lipinski definition) is 3. The van der Waals surface area contributed by atoms with Crippen molar-refractivity contribution in [1.82, 2.24) is 15.6 Å². The molecule has 9 heteroatoms. The molecule has 0 radical (unpaired) electrons. The summed E-state index contributed by atoms with van der Waals surface area (Å²) in [4.78, 5) is 16.4. The molecule has 0 bridgehead atoms. The Hall–Kier alpha value is -4.11. The van der Waals surface area contributed by atoms with Gasteiger partial charge < -0.3 is 14.7 Å². The van der Waals surface area contributed by atoms with Crippen molar-refractivity contribution in [2.75, 3.05) is 0 Å². The third-order valence-electron chi connectivity index (χ3n) is 6.17. The van der Waals surface area contributed by atoms with Crippen molar-refractivity contribution < 1.29 is 26.8 Å². The Labute approximate surface area is 209 Å². The number of nitrogens with one attached hydrogen (secondary N) is 3. The van der Waals surface area contributed by atoms with Gasteiger partial charge in [0.25, 0.3) is 0 Å². The fourth-order valence-electron chi connectivity index (χ4n) is 4.35. The number of benzene rings is 3. The van der Waals surface area contributed by atoms with Crippen molar-refractivity contribution in [3.8, 4) is 0 Å². The molecule has 5 rings (SSSR count). The van der Waals surface area contributed by atoms with Gasteiger partial charge in [0.1, 0.15) is 17.2 Å². The second-order valence-electron chi connectivity index (χ2n) is 8.81. The SMILES string of the molecule is O=C(NCc1cc(F)cc(C(F)(F)F)c1)C(Cc1c[nH]c2ccccc12)NCc1cc2ccccc2o1. The van der Waals surface area contributed by atoms with E-state index in [0.717, 1.165) is 39.6 Å². The first-order valence-corrected chi connectivity index (χ1v) is 11.7. The summed E-state index contributed by atoms with van der Waals surface area (Å²) < 4.78 is 58.9. The van der Waals surface area contributed by atoms with Crippen LogP contribution < -0.4 is 10.6 Å². The summed E-state index contributed by atoms with van der Waals surface area (Å²) >= 11 is 0. The molecular formula is C28H23F4N3O2. The Bertz CT molecular complexity index is 1520. The van der Waals surface area contributed by atoms with Crippen molar-refractivity contribution >= 4 is 27.8 Å². The topological polar surface area (TPSA) is 70.1 Å². The van der Waals surface area contributed by atoms with E-state index in [4.69, 9.17) is 4.42 Å². The highest BCUT2D eigenvalue weighted by atomic mass is 19.4. The third-order valence-corrected chi connectivity index (χ3v) is 6.17. The van der Waals surface area contributed by atoms with Crippen LogP contribution >= 0.6 is 0 Å². The molecule has 0 aliphatic rings. The van der Waals surface area contributed by atoms with Crippen LogP contribution in [0.1, 0.15) is 22.5 Å². The molecule has 5 aromatic rings. The number of para-hydroxylation sites is 2. The molecule has 5 nitrogen and oxygen atoms in total. The van der Waals surface area contributed by atoms with E-state index in [1.807, 2.05) is 60.8 Å². The van der Waals surface area contributed by atoms with E-state index in [2.05, 4.69) is 15.6 Å². The Morgan fingerprint density at radius 1 is 0.973 bits per heavy atom. The number of aromatic nitrogens is 1. The van der Waals surface area contributed by atoms with Crippen LogP contribution in [-0.2, 0) is 30.5 Å². The van der Waals surface area contributed by atoms with Crippen molar-refractivity contribution in [3.63, 3.8) is 0 Å². The minimum absolute atomic E-state index is 0.0174. The number of furan rings is 1. The maximum Gasteiger partial charge on any atom is 0.416 e. The molecule has 3 aromatic carbocycles. The predicted octanol–water partition coefficient (Wildman–Crippen LogP) is 6.09. The first kappa shape index (κ1) is 24.6. The lowest BCUT2D eigenvalue weighted by Gasteiger charge is -2.18. The van der Waals surface area contributed by atoms with Gasteiger partial charge in [0.15, 0.2) is 0 Å². The number of alkyl halides is 3. The van der Waals surface area contributed by atoms with Gasteiger partial charge in [-0.1, -0.05) is 36.4 Å². The summed E-state index contributed by atoms with van der Waals surface area (Å²) in [5, 5.41) is 7.76. The van der Waals surface area contributed by atoms with Gasteiger partial charge >= 0.3 is 6.18 Å². The maximum absolute atomic E-state index is 13.8. The van der Waals surface area contributed by atoms with Crippen LogP contribution in [0.15, 0.2) is 83.4 Å². The molecule has 37 heavy (non-hydrogen) atoms. The van der Waals surface area contributed by atoms with Crippen molar-refractivity contribution in [2.24, 2.45) is 0 Å². The van der Waals surface area contributed by atoms with Gasteiger partial charge in [-0.2, -0.15) is 13.2 Å². The summed E-state index contributed by atoms with van der Waals surface area (Å²) in [6.07, 6.45) is -2.55. The van der Waals surface area contributed by atoms with E-state index < -0.39 is 29.5 Å². The smallest absolute Gasteiger partial charge is 0.416 e. The molecule has 190 valence electrons. The Kier molecular flexibility index (Phi) is 6.71. The molecule has 1 unspecified atom stereocenters. The number of aromatic amines is 1. The molecule has 1 atom stereocenters. The Morgan fingerprint density at radius 3 is 2.57 bits per heavy atom. The number of halogens is 4. The van der Waals surface area contributed by atoms with E-state index in [1.54, 1.807) is 0 Å². The number of fused-ring (bicyclic) bond motifs is 2. The minimum atomic E-state index is -4.69. The molecule has 2 heterocycles. The molecule has 0 fully saturated rings. The second kappa shape index (κ2) is 10.1. The molecule has 0 spiro atoms. The first-order valence-electron chi connectivity index (χ1n) is 11.7. The largest absolute Gasteiger partial charge is 0.460 e. The van der Waals surface area contributed by atoms with Gasteiger partial charge in [-0.3, -0.25) is 10.1 Å². The van der Waals surface area contributed by atoms with Crippen LogP contribution in [0.5, 0.6) is 0 Å². The molecule has 0 saturated heterocycles. The lowest BCUT2D eigenvalue weighted by atomic mass is 10.0. The van der Waals surface area contributed by atoms with Gasteiger partial charge in [0.2, 0.25) is 5.91 Å². The number of carbonyl (C=O) groups is 1. The third kappa shape index (κ3) is 5.67. The number of rotatable bonds is 8. The van der Waals surface area contributed by atoms with Crippen LogP contribution in [0.3, 0.4) is 0 Å². The lowest BCUT2D eigenvalue weighted by molar-refractivity contribution is -0.137. The van der Waals surface area contributed by atoms with E-state index in [0.29, 0.717) is 18.2 Å². The standard InChI is InChI=1S/C28H23F4N3O2/c29-21-10-17(9-20(13-21)28(30,31)32)14-35-27(36)25(12-19-15-33-24-7-3-2-6-23(19)24)34-16-22-11-18-5-1-4-8-26(18)37-22/h1-11,13,15,25,33-34H,12,14,16H2,(H,35,36). The zero-order chi connectivity index (χ0) is 26.0. The number of amides is 1. The van der Waals surface area contributed by atoms with E-state index in [1.165, 1.54) is 0 Å². The van der Waals surface area contributed by atoms with Crippen LogP contribution in [0.2, 0.25) is 0 Å². The minimum Gasteiger partial charge on any atom is -0.460 e. The van der Waals surface area contributed by atoms with Crippen molar-refractivity contribution in [1.29, 1.82) is 0 Å². The zero-order valence-corrected chi connectivity index (χ0v) is 19.5. The van der Waals surface area contributed by atoms with Crippen LogP contribution in [0, 0.1) is 5.82 Å². The van der Waals surface area contributed by atoms with E-state index in [-0.39, 0.29) is 18.7 Å². The highest BCUT2D eigenvalue weighted by Gasteiger charge is 2.31. The summed E-state index contributed by atoms with van der Waals surface area (Å²) in [5.41, 5.74) is 1.47. The highest BCUT2D eigenvalue weighted by molar-refractivity contribution is 5.86. The van der Waals surface area contributed by atoms with E-state index >= 15 is 0 Å². The molecular weight excluding hydrogens is 486 g/mol. The number of hydrogen-bond acceptors (Lipinski definition) is 3. The van der Waals surface area contributed by atoms with Gasteiger partial charge in [-0.25, -0.2) is 4.39 Å². The first-order chi connectivity index (χ1) is 17.8. The highest BCUT2D eigenvalue weighted by Crippen LogP contribution is 2.30. The molecule has 0 aliphatic carbocycles. The van der Waals surface area contributed by atoms with Gasteiger partial charge in [-0.15, -0.1) is 0 Å². The van der Waals surface area contributed by atoms with Gasteiger partial charge in [0, 0.05) is 29.0 Å². The molecule has 3 N–H and O–H groups in total. The average Bonchev–Trinajstić information content (AvgIpc) is 3.48. The lowest BCUT2D eigenvalue weighted by Crippen LogP contribution is -2.45. The second-order valence-corrected chi connectivity index (χ2v) is 8.81. The van der Waals surface area contributed by atoms with E-state index in [9.17, 15) is 22.4 Å². The quantitative estimate of drug-likeness (QED) is 0.222. The summed E-state index contributed by atoms with van der Waals surface area (Å²) in [7, 11) is 0. The predicted molar refractivity (Wildman–Crippen MR) is 132 cm³/mol.